The lowest BCUT2D eigenvalue weighted by atomic mass is 10.1. The number of methoxy groups -OCH3 is 1. The number of ketones is 1. The van der Waals surface area contributed by atoms with E-state index in [1.807, 2.05) is 12.1 Å². The van der Waals surface area contributed by atoms with Gasteiger partial charge < -0.3 is 9.84 Å². The fourth-order valence-electron chi connectivity index (χ4n) is 2.29. The molecule has 2 aromatic rings. The number of phenolic OH excluding ortho intramolecular Hbond substituents is 1. The first kappa shape index (κ1) is 15.1. The van der Waals surface area contributed by atoms with E-state index >= 15 is 0 Å². The average Bonchev–Trinajstić information content (AvgIpc) is 2.85. The molecule has 0 radical (unpaired) electrons. The molecule has 1 aliphatic heterocycles. The van der Waals surface area contributed by atoms with E-state index in [-0.39, 0.29) is 28.5 Å². The lowest BCUT2D eigenvalue weighted by Gasteiger charge is -2.06. The molecule has 0 aliphatic carbocycles. The maximum Gasteiger partial charge on any atom is 0.280 e. The Labute approximate surface area is 135 Å². The van der Waals surface area contributed by atoms with E-state index in [9.17, 15) is 20.0 Å². The molecule has 1 aliphatic rings. The summed E-state index contributed by atoms with van der Waals surface area (Å²) in [6.07, 6.45) is 1.45. The number of carbonyl (C=O) groups is 1. The average molecular weight is 329 g/mol. The molecule has 23 heavy (non-hydrogen) atoms. The molecule has 0 unspecified atom stereocenters. The second-order valence-electron chi connectivity index (χ2n) is 4.78. The normalized spacial score (nSPS) is 14.8. The summed E-state index contributed by atoms with van der Waals surface area (Å²) in [5.41, 5.74) is 0.491. The van der Waals surface area contributed by atoms with Gasteiger partial charge in [0.1, 0.15) is 0 Å². The van der Waals surface area contributed by atoms with E-state index < -0.39 is 4.92 Å². The molecule has 116 valence electrons. The third-order valence-corrected chi connectivity index (χ3v) is 4.49. The second kappa shape index (κ2) is 5.77. The number of phenols is 1. The monoisotopic (exact) mass is 329 g/mol. The highest BCUT2D eigenvalue weighted by Crippen LogP contribution is 2.42. The number of thioether (sulfide) groups is 1. The van der Waals surface area contributed by atoms with Crippen molar-refractivity contribution in [3.8, 4) is 11.5 Å². The van der Waals surface area contributed by atoms with Gasteiger partial charge in [0.25, 0.3) is 5.69 Å². The predicted octanol–water partition coefficient (Wildman–Crippen LogP) is 3.64. The molecule has 0 atom stereocenters. The predicted molar refractivity (Wildman–Crippen MR) is 85.9 cm³/mol. The fourth-order valence-corrected chi connectivity index (χ4v) is 3.33. The fraction of sp³-hybridized carbons (Fsp3) is 0.0625. The van der Waals surface area contributed by atoms with Crippen LogP contribution in [0, 0.1) is 10.1 Å². The van der Waals surface area contributed by atoms with Crippen LogP contribution in [0.3, 0.4) is 0 Å². The van der Waals surface area contributed by atoms with Crippen molar-refractivity contribution in [2.45, 2.75) is 4.90 Å². The van der Waals surface area contributed by atoms with Crippen LogP contribution in [0.15, 0.2) is 46.2 Å². The van der Waals surface area contributed by atoms with Crippen molar-refractivity contribution in [2.24, 2.45) is 0 Å². The summed E-state index contributed by atoms with van der Waals surface area (Å²) in [6.45, 7) is 0. The maximum atomic E-state index is 12.4. The van der Waals surface area contributed by atoms with Crippen LogP contribution in [0.25, 0.3) is 6.08 Å². The highest BCUT2D eigenvalue weighted by atomic mass is 32.2. The summed E-state index contributed by atoms with van der Waals surface area (Å²) < 4.78 is 4.98. The van der Waals surface area contributed by atoms with Gasteiger partial charge in [0, 0.05) is 10.5 Å². The smallest absolute Gasteiger partial charge is 0.280 e. The molecule has 7 heteroatoms. The number of fused-ring (bicyclic) bond motifs is 1. The Balaban J connectivity index is 2.10. The third-order valence-electron chi connectivity index (χ3n) is 3.39. The number of nitro groups is 1. The van der Waals surface area contributed by atoms with Gasteiger partial charge in [0.15, 0.2) is 11.5 Å². The van der Waals surface area contributed by atoms with Crippen LogP contribution in [-0.4, -0.2) is 22.9 Å². The van der Waals surface area contributed by atoms with Crippen LogP contribution in [0.1, 0.15) is 15.9 Å². The molecule has 0 spiro atoms. The Kier molecular flexibility index (Phi) is 3.79. The van der Waals surface area contributed by atoms with E-state index in [0.717, 1.165) is 11.0 Å². The first-order valence-corrected chi connectivity index (χ1v) is 7.41. The van der Waals surface area contributed by atoms with Gasteiger partial charge in [-0.05, 0) is 24.3 Å². The molecule has 0 aromatic heterocycles. The van der Waals surface area contributed by atoms with Crippen LogP contribution in [0.5, 0.6) is 11.5 Å². The van der Waals surface area contributed by atoms with Gasteiger partial charge in [-0.3, -0.25) is 14.9 Å². The second-order valence-corrected chi connectivity index (χ2v) is 5.86. The zero-order chi connectivity index (χ0) is 16.6. The molecular formula is C16H11NO5S. The quantitative estimate of drug-likeness (QED) is 0.525. The minimum atomic E-state index is -0.608. The first-order valence-electron chi connectivity index (χ1n) is 6.60. The standard InChI is InChI=1S/C16H11NO5S/c1-22-13-6-9(11(17(20)21)8-12(13)18)7-15-16(19)10-4-2-3-5-14(10)23-15/h2-8,18H,1H3. The zero-order valence-corrected chi connectivity index (χ0v) is 12.8. The van der Waals surface area contributed by atoms with E-state index in [2.05, 4.69) is 0 Å². The molecule has 0 amide bonds. The summed E-state index contributed by atoms with van der Waals surface area (Å²) >= 11 is 1.26. The summed E-state index contributed by atoms with van der Waals surface area (Å²) in [6, 6.07) is 9.50. The van der Waals surface area contributed by atoms with Crippen LogP contribution in [0.2, 0.25) is 0 Å². The summed E-state index contributed by atoms with van der Waals surface area (Å²) in [5.74, 6) is -0.391. The largest absolute Gasteiger partial charge is 0.504 e. The van der Waals surface area contributed by atoms with E-state index in [1.165, 1.54) is 31.0 Å². The van der Waals surface area contributed by atoms with Crippen molar-refractivity contribution in [3.63, 3.8) is 0 Å². The van der Waals surface area contributed by atoms with Crippen molar-refractivity contribution in [1.29, 1.82) is 0 Å². The topological polar surface area (TPSA) is 89.7 Å². The summed E-state index contributed by atoms with van der Waals surface area (Å²) in [4.78, 5) is 24.1. The highest BCUT2D eigenvalue weighted by molar-refractivity contribution is 8.04. The number of hydrogen-bond acceptors (Lipinski definition) is 6. The molecule has 2 aromatic carbocycles. The van der Waals surface area contributed by atoms with Gasteiger partial charge in [0.05, 0.1) is 28.6 Å². The Hall–Kier alpha value is -2.80. The van der Waals surface area contributed by atoms with E-state index in [0.29, 0.717) is 10.5 Å². The van der Waals surface area contributed by atoms with Gasteiger partial charge in [-0.15, -0.1) is 0 Å². The number of nitrogens with zero attached hydrogens (tertiary/aromatic N) is 1. The van der Waals surface area contributed by atoms with Gasteiger partial charge in [-0.1, -0.05) is 23.9 Å². The van der Waals surface area contributed by atoms with Crippen LogP contribution >= 0.6 is 11.8 Å². The minimum absolute atomic E-state index is 0.107. The molecule has 0 saturated heterocycles. The van der Waals surface area contributed by atoms with E-state index in [4.69, 9.17) is 4.74 Å². The molecule has 6 nitrogen and oxygen atoms in total. The number of allylic oxidation sites excluding steroid dienone is 1. The Morgan fingerprint density at radius 2 is 2.04 bits per heavy atom. The number of Topliss-reactive ketones (excluding diaryl/α,β-unsaturated/α-hetero) is 1. The number of nitro benzene ring substituents is 1. The van der Waals surface area contributed by atoms with Crippen LogP contribution in [0.4, 0.5) is 5.69 Å². The van der Waals surface area contributed by atoms with E-state index in [1.54, 1.807) is 12.1 Å². The number of benzene rings is 2. The minimum Gasteiger partial charge on any atom is -0.504 e. The lowest BCUT2D eigenvalue weighted by molar-refractivity contribution is -0.385. The number of aromatic hydroxyl groups is 1. The first-order chi connectivity index (χ1) is 11.0. The Bertz CT molecular complexity index is 860. The van der Waals surface area contributed by atoms with Crippen molar-refractivity contribution in [2.75, 3.05) is 7.11 Å². The van der Waals surface area contributed by atoms with Crippen LogP contribution in [-0.2, 0) is 0 Å². The summed E-state index contributed by atoms with van der Waals surface area (Å²) in [7, 11) is 1.35. The lowest BCUT2D eigenvalue weighted by Crippen LogP contribution is -1.97. The van der Waals surface area contributed by atoms with Crippen LogP contribution < -0.4 is 4.74 Å². The van der Waals surface area contributed by atoms with Gasteiger partial charge in [-0.2, -0.15) is 0 Å². The van der Waals surface area contributed by atoms with Gasteiger partial charge >= 0.3 is 0 Å². The van der Waals surface area contributed by atoms with Crippen molar-refractivity contribution >= 4 is 29.3 Å². The molecule has 0 fully saturated rings. The number of hydrogen-bond donors (Lipinski definition) is 1. The molecule has 3 rings (SSSR count). The van der Waals surface area contributed by atoms with Crippen molar-refractivity contribution in [1.82, 2.24) is 0 Å². The number of ether oxygens (including phenoxy) is 1. The number of carbonyl (C=O) groups excluding carboxylic acids is 1. The molecule has 0 saturated carbocycles. The highest BCUT2D eigenvalue weighted by Gasteiger charge is 2.27. The summed E-state index contributed by atoms with van der Waals surface area (Å²) in [5, 5.41) is 20.9. The molecule has 0 bridgehead atoms. The molecular weight excluding hydrogens is 318 g/mol. The van der Waals surface area contributed by atoms with Gasteiger partial charge in [0.2, 0.25) is 5.78 Å². The van der Waals surface area contributed by atoms with Gasteiger partial charge in [-0.25, -0.2) is 0 Å². The van der Waals surface area contributed by atoms with Crippen molar-refractivity contribution < 1.29 is 19.6 Å². The third kappa shape index (κ3) is 2.66. The Morgan fingerprint density at radius 1 is 1.30 bits per heavy atom. The number of rotatable bonds is 3. The zero-order valence-electron chi connectivity index (χ0n) is 12.0. The SMILES string of the molecule is COc1cc(C=C2Sc3ccccc3C2=O)c([N+](=O)[O-])cc1O. The molecule has 1 heterocycles. The molecule has 1 N–H and O–H groups in total. The van der Waals surface area contributed by atoms with Crippen molar-refractivity contribution in [3.05, 3.63) is 62.5 Å². The maximum absolute atomic E-state index is 12.4. The Morgan fingerprint density at radius 3 is 2.70 bits per heavy atom.